The first-order chi connectivity index (χ1) is 10.7. The van der Waals surface area contributed by atoms with Gasteiger partial charge in [-0.25, -0.2) is 9.78 Å². The molecule has 1 aromatic heterocycles. The van der Waals surface area contributed by atoms with Crippen LogP contribution in [-0.4, -0.2) is 24.7 Å². The number of ether oxygens (including phenoxy) is 2. The molecule has 4 heteroatoms. The van der Waals surface area contributed by atoms with Gasteiger partial charge in [-0.3, -0.25) is 0 Å². The molecular weight excluding hydrogens is 278 g/mol. The van der Waals surface area contributed by atoms with E-state index in [-0.39, 0.29) is 0 Å². The van der Waals surface area contributed by atoms with Gasteiger partial charge in [-0.1, -0.05) is 30.3 Å². The molecule has 2 rings (SSSR count). The number of esters is 1. The summed E-state index contributed by atoms with van der Waals surface area (Å²) >= 11 is 0. The summed E-state index contributed by atoms with van der Waals surface area (Å²) in [5.74, 6) is 0.236. The van der Waals surface area contributed by atoms with Crippen molar-refractivity contribution in [2.45, 2.75) is 13.3 Å². The van der Waals surface area contributed by atoms with E-state index >= 15 is 0 Å². The fraction of sp³-hybridized carbons (Fsp3) is 0.222. The lowest BCUT2D eigenvalue weighted by Crippen LogP contribution is -2.04. The van der Waals surface area contributed by atoms with Gasteiger partial charge in [0, 0.05) is 18.2 Å². The van der Waals surface area contributed by atoms with Crippen molar-refractivity contribution in [3.05, 3.63) is 65.5 Å². The Balaban J connectivity index is 2.03. The Morgan fingerprint density at radius 3 is 2.68 bits per heavy atom. The topological polar surface area (TPSA) is 48.4 Å². The van der Waals surface area contributed by atoms with Gasteiger partial charge in [-0.15, -0.1) is 0 Å². The molecule has 0 atom stereocenters. The van der Waals surface area contributed by atoms with Gasteiger partial charge < -0.3 is 9.47 Å². The van der Waals surface area contributed by atoms with Crippen molar-refractivity contribution in [2.75, 3.05) is 13.7 Å². The van der Waals surface area contributed by atoms with Crippen molar-refractivity contribution in [3.8, 4) is 5.75 Å². The molecule has 4 nitrogen and oxygen atoms in total. The molecule has 22 heavy (non-hydrogen) atoms. The maximum atomic E-state index is 11.2. The van der Waals surface area contributed by atoms with E-state index in [0.717, 1.165) is 12.1 Å². The Morgan fingerprint density at radius 2 is 1.95 bits per heavy atom. The van der Waals surface area contributed by atoms with Crippen LogP contribution in [0.2, 0.25) is 0 Å². The molecule has 0 radical (unpaired) electrons. The van der Waals surface area contributed by atoms with Gasteiger partial charge in [0.05, 0.1) is 13.7 Å². The smallest absolute Gasteiger partial charge is 0.330 e. The lowest BCUT2D eigenvalue weighted by atomic mass is 10.2. The molecule has 0 spiro atoms. The molecular formula is C18H19NO3. The van der Waals surface area contributed by atoms with Crippen molar-refractivity contribution in [3.63, 3.8) is 0 Å². The van der Waals surface area contributed by atoms with E-state index in [9.17, 15) is 4.79 Å². The number of benzene rings is 1. The van der Waals surface area contributed by atoms with E-state index in [1.807, 2.05) is 37.3 Å². The Hall–Kier alpha value is -2.62. The first-order valence-corrected chi connectivity index (χ1v) is 7.09. The number of pyridine rings is 1. The minimum absolute atomic E-state index is 0.418. The Kier molecular flexibility index (Phi) is 5.72. The molecule has 0 fully saturated rings. The van der Waals surface area contributed by atoms with Gasteiger partial charge in [-0.05, 0) is 30.7 Å². The molecule has 1 aromatic carbocycles. The normalized spacial score (nSPS) is 10.6. The van der Waals surface area contributed by atoms with E-state index in [0.29, 0.717) is 18.1 Å². The third-order valence-electron chi connectivity index (χ3n) is 3.09. The van der Waals surface area contributed by atoms with Gasteiger partial charge >= 0.3 is 5.97 Å². The van der Waals surface area contributed by atoms with E-state index in [1.54, 1.807) is 6.08 Å². The summed E-state index contributed by atoms with van der Waals surface area (Å²) < 4.78 is 10.4. The molecule has 114 valence electrons. The zero-order chi connectivity index (χ0) is 15.8. The van der Waals surface area contributed by atoms with Gasteiger partial charge in [0.15, 0.2) is 0 Å². The molecule has 0 saturated carbocycles. The van der Waals surface area contributed by atoms with Crippen LogP contribution in [0, 0.1) is 6.92 Å². The van der Waals surface area contributed by atoms with Crippen LogP contribution in [-0.2, 0) is 16.0 Å². The second-order valence-electron chi connectivity index (χ2n) is 4.78. The molecule has 0 aliphatic carbocycles. The third-order valence-corrected chi connectivity index (χ3v) is 3.09. The van der Waals surface area contributed by atoms with Gasteiger partial charge in [-0.2, -0.15) is 0 Å². The molecule has 0 amide bonds. The molecule has 2 aromatic rings. The number of methoxy groups -OCH3 is 1. The van der Waals surface area contributed by atoms with Gasteiger partial charge in [0.1, 0.15) is 11.4 Å². The zero-order valence-corrected chi connectivity index (χ0v) is 12.8. The Bertz CT molecular complexity index is 651. The molecule has 0 saturated heterocycles. The summed E-state index contributed by atoms with van der Waals surface area (Å²) in [6.07, 6.45) is 3.76. The van der Waals surface area contributed by atoms with Crippen LogP contribution in [0.15, 0.2) is 48.5 Å². The number of carbonyl (C=O) groups is 1. The highest BCUT2D eigenvalue weighted by Gasteiger charge is 2.04. The summed E-state index contributed by atoms with van der Waals surface area (Å²) in [4.78, 5) is 15.6. The van der Waals surface area contributed by atoms with Crippen molar-refractivity contribution >= 4 is 12.0 Å². The highest BCUT2D eigenvalue weighted by Crippen LogP contribution is 2.19. The van der Waals surface area contributed by atoms with Gasteiger partial charge in [0.25, 0.3) is 0 Å². The zero-order valence-electron chi connectivity index (χ0n) is 12.8. The highest BCUT2D eigenvalue weighted by molar-refractivity contribution is 5.87. The second kappa shape index (κ2) is 7.98. The lowest BCUT2D eigenvalue weighted by molar-refractivity contribution is -0.134. The van der Waals surface area contributed by atoms with Crippen LogP contribution in [0.1, 0.15) is 17.0 Å². The molecule has 1 heterocycles. The maximum absolute atomic E-state index is 11.2. The van der Waals surface area contributed by atoms with Crippen molar-refractivity contribution in [2.24, 2.45) is 0 Å². The van der Waals surface area contributed by atoms with E-state index in [1.165, 1.54) is 18.7 Å². The largest absolute Gasteiger partial charge is 0.491 e. The van der Waals surface area contributed by atoms with Gasteiger partial charge in [0.2, 0.25) is 0 Å². The van der Waals surface area contributed by atoms with E-state index in [4.69, 9.17) is 4.74 Å². The quantitative estimate of drug-likeness (QED) is 0.607. The summed E-state index contributed by atoms with van der Waals surface area (Å²) in [5, 5.41) is 0. The number of hydrogen-bond donors (Lipinski definition) is 0. The SMILES string of the molecule is COC(=O)/C=C/c1nc(C)ccc1OCCc1ccccc1. The number of nitrogens with zero attached hydrogens (tertiary/aromatic N) is 1. The monoisotopic (exact) mass is 297 g/mol. The van der Waals surface area contributed by atoms with Crippen LogP contribution in [0.3, 0.4) is 0 Å². The highest BCUT2D eigenvalue weighted by atomic mass is 16.5. The minimum atomic E-state index is -0.418. The standard InChI is InChI=1S/C18H19NO3/c1-14-8-10-17(16(19-14)9-11-18(20)21-2)22-13-12-15-6-4-3-5-7-15/h3-11H,12-13H2,1-2H3/b11-9+. The number of hydrogen-bond acceptors (Lipinski definition) is 4. The van der Waals surface area contributed by atoms with Crippen LogP contribution in [0.25, 0.3) is 6.08 Å². The van der Waals surface area contributed by atoms with Crippen molar-refractivity contribution < 1.29 is 14.3 Å². The average molecular weight is 297 g/mol. The van der Waals surface area contributed by atoms with Crippen LogP contribution in [0.5, 0.6) is 5.75 Å². The number of carbonyl (C=O) groups excluding carboxylic acids is 1. The third kappa shape index (κ3) is 4.74. The summed E-state index contributed by atoms with van der Waals surface area (Å²) in [6, 6.07) is 13.9. The van der Waals surface area contributed by atoms with E-state index in [2.05, 4.69) is 21.9 Å². The van der Waals surface area contributed by atoms with Crippen molar-refractivity contribution in [1.29, 1.82) is 0 Å². The molecule has 0 bridgehead atoms. The minimum Gasteiger partial charge on any atom is -0.491 e. The Morgan fingerprint density at radius 1 is 1.18 bits per heavy atom. The summed E-state index contributed by atoms with van der Waals surface area (Å²) in [6.45, 7) is 2.44. The Labute approximate surface area is 130 Å². The molecule has 0 aliphatic heterocycles. The molecule has 0 N–H and O–H groups in total. The number of aromatic nitrogens is 1. The first-order valence-electron chi connectivity index (χ1n) is 7.09. The number of rotatable bonds is 6. The second-order valence-corrected chi connectivity index (χ2v) is 4.78. The number of aryl methyl sites for hydroxylation is 1. The summed E-state index contributed by atoms with van der Waals surface area (Å²) in [5.41, 5.74) is 2.70. The van der Waals surface area contributed by atoms with Crippen LogP contribution >= 0.6 is 0 Å². The summed E-state index contributed by atoms with van der Waals surface area (Å²) in [7, 11) is 1.34. The van der Waals surface area contributed by atoms with Crippen molar-refractivity contribution in [1.82, 2.24) is 4.98 Å². The average Bonchev–Trinajstić information content (AvgIpc) is 2.55. The lowest BCUT2D eigenvalue weighted by Gasteiger charge is -2.09. The van der Waals surface area contributed by atoms with Crippen LogP contribution in [0.4, 0.5) is 0 Å². The fourth-order valence-corrected chi connectivity index (χ4v) is 1.94. The first kappa shape index (κ1) is 15.8. The predicted molar refractivity (Wildman–Crippen MR) is 85.7 cm³/mol. The molecule has 0 unspecified atom stereocenters. The molecule has 0 aliphatic rings. The predicted octanol–water partition coefficient (Wildman–Crippen LogP) is 3.20. The fourth-order valence-electron chi connectivity index (χ4n) is 1.94. The maximum Gasteiger partial charge on any atom is 0.330 e. The van der Waals surface area contributed by atoms with E-state index < -0.39 is 5.97 Å². The van der Waals surface area contributed by atoms with Crippen LogP contribution < -0.4 is 4.74 Å².